The molecule has 0 N–H and O–H groups in total. The van der Waals surface area contributed by atoms with Crippen LogP contribution in [0.25, 0.3) is 11.3 Å². The molecule has 2 aromatic heterocycles. The Bertz CT molecular complexity index is 851. The van der Waals surface area contributed by atoms with E-state index in [-0.39, 0.29) is 0 Å². The highest BCUT2D eigenvalue weighted by Gasteiger charge is 2.14. The summed E-state index contributed by atoms with van der Waals surface area (Å²) in [6.45, 7) is 0.372. The van der Waals surface area contributed by atoms with Crippen molar-refractivity contribution in [3.8, 4) is 17.1 Å². The summed E-state index contributed by atoms with van der Waals surface area (Å²) >= 11 is 0. The van der Waals surface area contributed by atoms with E-state index in [4.69, 9.17) is 4.74 Å². The van der Waals surface area contributed by atoms with E-state index in [1.165, 1.54) is 19.5 Å². The maximum atomic E-state index is 13.7. The molecule has 5 nitrogen and oxygen atoms in total. The van der Waals surface area contributed by atoms with Gasteiger partial charge in [0.1, 0.15) is 12.1 Å². The maximum Gasteiger partial charge on any atom is 0.266 e. The van der Waals surface area contributed by atoms with E-state index in [1.807, 2.05) is 0 Å². The molecule has 0 unspecified atom stereocenters. The van der Waals surface area contributed by atoms with Crippen LogP contribution in [0, 0.1) is 5.82 Å². The lowest BCUT2D eigenvalue weighted by atomic mass is 10.1. The summed E-state index contributed by atoms with van der Waals surface area (Å²) < 4.78 is 45.5. The monoisotopic (exact) mass is 334 g/mol. The van der Waals surface area contributed by atoms with Crippen LogP contribution in [0.15, 0.2) is 42.9 Å². The van der Waals surface area contributed by atoms with E-state index in [0.29, 0.717) is 29.4 Å². The van der Waals surface area contributed by atoms with Gasteiger partial charge in [-0.1, -0.05) is 6.07 Å². The number of rotatable bonds is 5. The molecule has 0 spiro atoms. The van der Waals surface area contributed by atoms with Gasteiger partial charge in [0.15, 0.2) is 0 Å². The highest BCUT2D eigenvalue weighted by molar-refractivity contribution is 5.59. The second kappa shape index (κ2) is 6.69. The van der Waals surface area contributed by atoms with Crippen molar-refractivity contribution >= 4 is 0 Å². The van der Waals surface area contributed by atoms with Crippen LogP contribution in [0.1, 0.15) is 17.7 Å². The van der Waals surface area contributed by atoms with Crippen molar-refractivity contribution in [2.75, 3.05) is 7.11 Å². The normalized spacial score (nSPS) is 11.0. The van der Waals surface area contributed by atoms with Gasteiger partial charge in [-0.05, 0) is 18.2 Å². The fourth-order valence-corrected chi connectivity index (χ4v) is 2.21. The zero-order chi connectivity index (χ0) is 17.1. The Balaban J connectivity index is 1.81. The molecule has 0 aliphatic carbocycles. The summed E-state index contributed by atoms with van der Waals surface area (Å²) in [5.74, 6) is -0.505. The van der Waals surface area contributed by atoms with Crippen LogP contribution in [-0.2, 0) is 6.54 Å². The number of halogens is 3. The van der Waals surface area contributed by atoms with Gasteiger partial charge < -0.3 is 4.74 Å². The minimum atomic E-state index is -2.84. The summed E-state index contributed by atoms with van der Waals surface area (Å²) in [6.07, 6.45) is 0.240. The van der Waals surface area contributed by atoms with Crippen LogP contribution in [-0.4, -0.2) is 26.9 Å². The van der Waals surface area contributed by atoms with E-state index in [0.717, 1.165) is 12.1 Å². The molecular formula is C16H13F3N4O. The number of ether oxygens (including phenoxy) is 1. The third-order valence-corrected chi connectivity index (χ3v) is 3.40. The van der Waals surface area contributed by atoms with Crippen LogP contribution in [0.4, 0.5) is 13.2 Å². The molecule has 2 heterocycles. The van der Waals surface area contributed by atoms with Gasteiger partial charge in [-0.3, -0.25) is 4.68 Å². The van der Waals surface area contributed by atoms with Crippen LogP contribution < -0.4 is 4.74 Å². The van der Waals surface area contributed by atoms with Crippen molar-refractivity contribution < 1.29 is 17.9 Å². The largest absolute Gasteiger partial charge is 0.481 e. The second-order valence-electron chi connectivity index (χ2n) is 4.99. The third kappa shape index (κ3) is 3.37. The summed E-state index contributed by atoms with van der Waals surface area (Å²) in [6, 6.07) is 6.91. The molecule has 0 bridgehead atoms. The van der Waals surface area contributed by atoms with Gasteiger partial charge in [0.2, 0.25) is 5.88 Å². The molecule has 0 radical (unpaired) electrons. The molecule has 0 amide bonds. The number of nitrogens with zero attached hydrogens (tertiary/aromatic N) is 4. The lowest BCUT2D eigenvalue weighted by molar-refractivity contribution is 0.146. The predicted octanol–water partition coefficient (Wildman–Crippen LogP) is 3.47. The summed E-state index contributed by atoms with van der Waals surface area (Å²) in [5, 5.41) is 4.31. The van der Waals surface area contributed by atoms with Gasteiger partial charge >= 0.3 is 0 Å². The van der Waals surface area contributed by atoms with Crippen LogP contribution in [0.3, 0.4) is 0 Å². The molecule has 0 fully saturated rings. The van der Waals surface area contributed by atoms with Crippen LogP contribution in [0.5, 0.6) is 5.88 Å². The van der Waals surface area contributed by atoms with Crippen LogP contribution in [0.2, 0.25) is 0 Å². The highest BCUT2D eigenvalue weighted by atomic mass is 19.3. The number of benzene rings is 1. The molecule has 3 rings (SSSR count). The standard InChI is InChI=1S/C16H13F3N4O/c1-24-15-7-11(20-9-21-15)8-23-5-4-14(22-23)10-2-3-12(16(18)19)13(17)6-10/h2-7,9,16H,8H2,1H3. The molecule has 124 valence electrons. The molecule has 1 aromatic carbocycles. The van der Waals surface area contributed by atoms with Crippen molar-refractivity contribution in [3.63, 3.8) is 0 Å². The van der Waals surface area contributed by atoms with Gasteiger partial charge in [0, 0.05) is 17.8 Å². The Hall–Kier alpha value is -2.90. The number of alkyl halides is 2. The van der Waals surface area contributed by atoms with E-state index in [1.54, 1.807) is 23.0 Å². The fourth-order valence-electron chi connectivity index (χ4n) is 2.21. The van der Waals surface area contributed by atoms with Crippen molar-refractivity contribution in [1.29, 1.82) is 0 Å². The Morgan fingerprint density at radius 3 is 2.71 bits per heavy atom. The van der Waals surface area contributed by atoms with Crippen LogP contribution >= 0.6 is 0 Å². The molecule has 8 heteroatoms. The number of aromatic nitrogens is 4. The molecule has 0 aliphatic heterocycles. The van der Waals surface area contributed by atoms with E-state index >= 15 is 0 Å². The molecule has 3 aromatic rings. The lowest BCUT2D eigenvalue weighted by Gasteiger charge is -2.04. The smallest absolute Gasteiger partial charge is 0.266 e. The predicted molar refractivity (Wildman–Crippen MR) is 80.3 cm³/mol. The van der Waals surface area contributed by atoms with E-state index in [9.17, 15) is 13.2 Å². The summed E-state index contributed by atoms with van der Waals surface area (Å²) in [7, 11) is 1.51. The molecule has 24 heavy (non-hydrogen) atoms. The zero-order valence-electron chi connectivity index (χ0n) is 12.7. The van der Waals surface area contributed by atoms with Gasteiger partial charge in [-0.25, -0.2) is 23.1 Å². The fraction of sp³-hybridized carbons (Fsp3) is 0.188. The first-order chi connectivity index (χ1) is 11.6. The minimum Gasteiger partial charge on any atom is -0.481 e. The first-order valence-electron chi connectivity index (χ1n) is 7.03. The number of methoxy groups -OCH3 is 1. The molecule has 0 saturated heterocycles. The average molecular weight is 334 g/mol. The Labute approximate surface area is 135 Å². The van der Waals surface area contributed by atoms with E-state index < -0.39 is 17.8 Å². The quantitative estimate of drug-likeness (QED) is 0.717. The zero-order valence-corrected chi connectivity index (χ0v) is 12.7. The summed E-state index contributed by atoms with van der Waals surface area (Å²) in [4.78, 5) is 8.03. The summed E-state index contributed by atoms with van der Waals surface area (Å²) in [5.41, 5.74) is 0.980. The molecule has 0 aliphatic rings. The highest BCUT2D eigenvalue weighted by Crippen LogP contribution is 2.26. The van der Waals surface area contributed by atoms with E-state index in [2.05, 4.69) is 15.1 Å². The SMILES string of the molecule is COc1cc(Cn2ccc(-c3ccc(C(F)F)c(F)c3)n2)ncn1. The van der Waals surface area contributed by atoms with Crippen molar-refractivity contribution in [1.82, 2.24) is 19.7 Å². The first-order valence-corrected chi connectivity index (χ1v) is 7.03. The number of hydrogen-bond donors (Lipinski definition) is 0. The van der Waals surface area contributed by atoms with Gasteiger partial charge in [-0.2, -0.15) is 5.10 Å². The minimum absolute atomic E-state index is 0.372. The Morgan fingerprint density at radius 2 is 2.00 bits per heavy atom. The van der Waals surface area contributed by atoms with Gasteiger partial charge in [0.25, 0.3) is 6.43 Å². The van der Waals surface area contributed by atoms with Gasteiger partial charge in [-0.15, -0.1) is 0 Å². The average Bonchev–Trinajstić information content (AvgIpc) is 3.03. The first kappa shape index (κ1) is 16.0. The Kier molecular flexibility index (Phi) is 4.45. The third-order valence-electron chi connectivity index (χ3n) is 3.40. The van der Waals surface area contributed by atoms with Crippen molar-refractivity contribution in [2.24, 2.45) is 0 Å². The van der Waals surface area contributed by atoms with Crippen molar-refractivity contribution in [3.05, 3.63) is 59.9 Å². The lowest BCUT2D eigenvalue weighted by Crippen LogP contribution is -2.03. The topological polar surface area (TPSA) is 52.8 Å². The maximum absolute atomic E-state index is 13.7. The Morgan fingerprint density at radius 1 is 1.17 bits per heavy atom. The second-order valence-corrected chi connectivity index (χ2v) is 4.99. The number of hydrogen-bond acceptors (Lipinski definition) is 4. The molecule has 0 atom stereocenters. The molecular weight excluding hydrogens is 321 g/mol. The molecule has 0 saturated carbocycles. The van der Waals surface area contributed by atoms with Gasteiger partial charge in [0.05, 0.1) is 30.6 Å². The van der Waals surface area contributed by atoms with Crippen molar-refractivity contribution in [2.45, 2.75) is 13.0 Å².